The highest BCUT2D eigenvalue weighted by molar-refractivity contribution is 5.76. The minimum atomic E-state index is -0.910. The highest BCUT2D eigenvalue weighted by atomic mass is 16.7. The molecule has 1 rings (SSSR count). The summed E-state index contributed by atoms with van der Waals surface area (Å²) in [4.78, 5) is 11.5. The molecule has 14 heavy (non-hydrogen) atoms. The van der Waals surface area contributed by atoms with E-state index in [4.69, 9.17) is 14.2 Å². The molecule has 1 aliphatic carbocycles. The van der Waals surface area contributed by atoms with Crippen molar-refractivity contribution in [1.82, 2.24) is 0 Å². The van der Waals surface area contributed by atoms with Crippen LogP contribution in [0.1, 0.15) is 6.92 Å². The number of ether oxygens (including phenoxy) is 3. The van der Waals surface area contributed by atoms with Crippen molar-refractivity contribution in [3.8, 4) is 0 Å². The lowest BCUT2D eigenvalue weighted by molar-refractivity contribution is -0.246. The van der Waals surface area contributed by atoms with Crippen molar-refractivity contribution >= 4 is 5.97 Å². The Morgan fingerprint density at radius 1 is 1.21 bits per heavy atom. The number of hydrogen-bond donors (Lipinski definition) is 0. The fourth-order valence-electron chi connectivity index (χ4n) is 1.91. The summed E-state index contributed by atoms with van der Waals surface area (Å²) in [5, 5.41) is 0. The van der Waals surface area contributed by atoms with E-state index < -0.39 is 11.7 Å². The highest BCUT2D eigenvalue weighted by Crippen LogP contribution is 2.38. The summed E-state index contributed by atoms with van der Waals surface area (Å²) in [5.41, 5.74) is 0. The van der Waals surface area contributed by atoms with Crippen LogP contribution >= 0.6 is 0 Å². The molecule has 0 N–H and O–H groups in total. The fourth-order valence-corrected chi connectivity index (χ4v) is 1.91. The second kappa shape index (κ2) is 4.11. The maximum Gasteiger partial charge on any atom is 0.318 e. The lowest BCUT2D eigenvalue weighted by Gasteiger charge is -2.34. The van der Waals surface area contributed by atoms with Crippen LogP contribution in [-0.4, -0.2) is 33.1 Å². The molecule has 0 heterocycles. The van der Waals surface area contributed by atoms with Crippen LogP contribution in [-0.2, 0) is 19.0 Å². The molecule has 0 bridgehead atoms. The Morgan fingerprint density at radius 3 is 2.21 bits per heavy atom. The van der Waals surface area contributed by atoms with Crippen LogP contribution in [0.4, 0.5) is 0 Å². The predicted molar refractivity (Wildman–Crippen MR) is 50.6 cm³/mol. The minimum absolute atomic E-state index is 0.0293. The lowest BCUT2D eigenvalue weighted by Crippen LogP contribution is -2.46. The fraction of sp³-hybridized carbons (Fsp3) is 0.700. The van der Waals surface area contributed by atoms with E-state index >= 15 is 0 Å². The second-order valence-corrected chi connectivity index (χ2v) is 3.30. The van der Waals surface area contributed by atoms with Gasteiger partial charge in [-0.25, -0.2) is 0 Å². The van der Waals surface area contributed by atoms with Gasteiger partial charge in [-0.1, -0.05) is 19.1 Å². The van der Waals surface area contributed by atoms with E-state index in [9.17, 15) is 4.79 Å². The summed E-state index contributed by atoms with van der Waals surface area (Å²) in [6, 6.07) is 0. The van der Waals surface area contributed by atoms with E-state index in [0.29, 0.717) is 0 Å². The Labute approximate surface area is 83.8 Å². The molecule has 0 unspecified atom stereocenters. The molecule has 0 amide bonds. The van der Waals surface area contributed by atoms with Crippen LogP contribution in [0.5, 0.6) is 0 Å². The van der Waals surface area contributed by atoms with Gasteiger partial charge < -0.3 is 14.2 Å². The van der Waals surface area contributed by atoms with Crippen molar-refractivity contribution in [2.24, 2.45) is 11.8 Å². The molecule has 80 valence electrons. The van der Waals surface area contributed by atoms with Crippen molar-refractivity contribution in [1.29, 1.82) is 0 Å². The predicted octanol–water partition coefficient (Wildman–Crippen LogP) is 0.971. The summed E-state index contributed by atoms with van der Waals surface area (Å²) in [6.07, 6.45) is 3.66. The van der Waals surface area contributed by atoms with Crippen molar-refractivity contribution in [2.75, 3.05) is 21.3 Å². The maximum atomic E-state index is 11.5. The lowest BCUT2D eigenvalue weighted by atomic mass is 9.95. The van der Waals surface area contributed by atoms with Gasteiger partial charge in [0.25, 0.3) is 0 Å². The Balaban J connectivity index is 2.95. The van der Waals surface area contributed by atoms with Crippen LogP contribution in [0.15, 0.2) is 12.2 Å². The highest BCUT2D eigenvalue weighted by Gasteiger charge is 2.50. The molecule has 0 aromatic carbocycles. The van der Waals surface area contributed by atoms with E-state index in [1.165, 1.54) is 21.3 Å². The summed E-state index contributed by atoms with van der Waals surface area (Å²) in [5.74, 6) is -1.71. The Morgan fingerprint density at radius 2 is 1.79 bits per heavy atom. The van der Waals surface area contributed by atoms with Gasteiger partial charge in [0.15, 0.2) is 5.79 Å². The van der Waals surface area contributed by atoms with Crippen LogP contribution in [0.25, 0.3) is 0 Å². The number of esters is 1. The maximum absolute atomic E-state index is 11.5. The number of rotatable bonds is 3. The molecule has 0 fully saturated rings. The van der Waals surface area contributed by atoms with Crippen LogP contribution in [0.2, 0.25) is 0 Å². The molecule has 0 aromatic heterocycles. The first-order valence-corrected chi connectivity index (χ1v) is 4.48. The number of carbonyl (C=O) groups is 1. The first-order chi connectivity index (χ1) is 6.62. The molecule has 0 saturated heterocycles. The molecule has 0 radical (unpaired) electrons. The second-order valence-electron chi connectivity index (χ2n) is 3.30. The van der Waals surface area contributed by atoms with Gasteiger partial charge >= 0.3 is 5.97 Å². The average Bonchev–Trinajstić information content (AvgIpc) is 2.55. The molecule has 0 spiro atoms. The van der Waals surface area contributed by atoms with Crippen molar-refractivity contribution in [3.63, 3.8) is 0 Å². The van der Waals surface area contributed by atoms with Crippen molar-refractivity contribution in [2.45, 2.75) is 12.7 Å². The number of hydrogen-bond acceptors (Lipinski definition) is 4. The molecule has 0 saturated carbocycles. The molecule has 0 aliphatic heterocycles. The smallest absolute Gasteiger partial charge is 0.318 e. The molecule has 4 heteroatoms. The quantitative estimate of drug-likeness (QED) is 0.387. The Hall–Kier alpha value is -0.870. The van der Waals surface area contributed by atoms with E-state index in [0.717, 1.165) is 0 Å². The molecular formula is C10H16O4. The van der Waals surface area contributed by atoms with Gasteiger partial charge in [0, 0.05) is 20.1 Å². The van der Waals surface area contributed by atoms with Gasteiger partial charge in [-0.2, -0.15) is 0 Å². The van der Waals surface area contributed by atoms with Crippen molar-refractivity contribution in [3.05, 3.63) is 12.2 Å². The summed E-state index contributed by atoms with van der Waals surface area (Å²) >= 11 is 0. The van der Waals surface area contributed by atoms with Crippen LogP contribution < -0.4 is 0 Å². The minimum Gasteiger partial charge on any atom is -0.468 e. The summed E-state index contributed by atoms with van der Waals surface area (Å²) in [6.45, 7) is 1.94. The zero-order valence-electron chi connectivity index (χ0n) is 8.94. The van der Waals surface area contributed by atoms with E-state index in [1.807, 2.05) is 13.0 Å². The molecule has 4 nitrogen and oxygen atoms in total. The van der Waals surface area contributed by atoms with Gasteiger partial charge in [0.1, 0.15) is 5.92 Å². The largest absolute Gasteiger partial charge is 0.468 e. The van der Waals surface area contributed by atoms with Gasteiger partial charge in [-0.05, 0) is 0 Å². The number of methoxy groups -OCH3 is 3. The molecule has 0 aromatic rings. The molecule has 1 aliphatic rings. The van der Waals surface area contributed by atoms with Crippen LogP contribution in [0.3, 0.4) is 0 Å². The van der Waals surface area contributed by atoms with Crippen LogP contribution in [0, 0.1) is 11.8 Å². The van der Waals surface area contributed by atoms with E-state index in [-0.39, 0.29) is 11.9 Å². The van der Waals surface area contributed by atoms with E-state index in [2.05, 4.69) is 0 Å². The summed E-state index contributed by atoms with van der Waals surface area (Å²) in [7, 11) is 4.42. The third-order valence-corrected chi connectivity index (χ3v) is 2.75. The topological polar surface area (TPSA) is 44.8 Å². The zero-order valence-corrected chi connectivity index (χ0v) is 8.94. The van der Waals surface area contributed by atoms with E-state index in [1.54, 1.807) is 6.08 Å². The van der Waals surface area contributed by atoms with Crippen molar-refractivity contribution < 1.29 is 19.0 Å². The third kappa shape index (κ3) is 1.44. The monoisotopic (exact) mass is 200 g/mol. The average molecular weight is 200 g/mol. The first-order valence-electron chi connectivity index (χ1n) is 4.48. The first kappa shape index (κ1) is 11.2. The molecular weight excluding hydrogens is 184 g/mol. The third-order valence-electron chi connectivity index (χ3n) is 2.75. The molecule has 2 atom stereocenters. The van der Waals surface area contributed by atoms with Gasteiger partial charge in [-0.3, -0.25) is 4.79 Å². The number of carbonyl (C=O) groups excluding carboxylic acids is 1. The summed E-state index contributed by atoms with van der Waals surface area (Å²) < 4.78 is 15.3. The SMILES string of the molecule is COC(=O)[C@H]1C=C[C@@H](C)C1(OC)OC. The van der Waals surface area contributed by atoms with Gasteiger partial charge in [0.05, 0.1) is 7.11 Å². The normalized spacial score (nSPS) is 29.1. The standard InChI is InChI=1S/C10H16O4/c1-7-5-6-8(9(11)12-2)10(7,13-3)14-4/h5-8H,1-4H3/t7-,8-/m1/s1. The Bertz CT molecular complexity index is 243. The van der Waals surface area contributed by atoms with Gasteiger partial charge in [-0.15, -0.1) is 0 Å². The Kier molecular flexibility index (Phi) is 3.29. The van der Waals surface area contributed by atoms with Gasteiger partial charge in [0.2, 0.25) is 0 Å². The zero-order chi connectivity index (χ0) is 10.8.